The van der Waals surface area contributed by atoms with Crippen molar-refractivity contribution in [3.05, 3.63) is 63.1 Å². The Morgan fingerprint density at radius 3 is 2.58 bits per heavy atom. The van der Waals surface area contributed by atoms with E-state index in [0.29, 0.717) is 5.92 Å². The number of nitrogens with one attached hydrogen (secondary N) is 1. The first-order chi connectivity index (χ1) is 9.08. The van der Waals surface area contributed by atoms with Crippen LogP contribution in [0.4, 0.5) is 5.69 Å². The van der Waals surface area contributed by atoms with Crippen LogP contribution in [0.1, 0.15) is 30.9 Å². The Bertz CT molecular complexity index is 566. The Balaban J connectivity index is 2.14. The van der Waals surface area contributed by atoms with Gasteiger partial charge in [-0.05, 0) is 35.2 Å². The number of rotatable bonds is 4. The lowest BCUT2D eigenvalue weighted by atomic mass is 10.0. The number of benzene rings is 2. The van der Waals surface area contributed by atoms with Gasteiger partial charge in [0, 0.05) is 21.7 Å². The molecular formula is C16H17BrClN. The fourth-order valence-corrected chi connectivity index (χ4v) is 2.84. The standard InChI is InChI=1S/C16H17BrClN/c1-11(2)14-5-3-4-6-16(14)19-10-12-7-8-13(18)9-15(12)17/h3-9,11,19H,10H2,1-2H3. The lowest BCUT2D eigenvalue weighted by molar-refractivity contribution is 0.865. The molecule has 3 heteroatoms. The van der Waals surface area contributed by atoms with Crippen LogP contribution < -0.4 is 5.32 Å². The molecule has 1 nitrogen and oxygen atoms in total. The molecule has 0 saturated heterocycles. The minimum atomic E-state index is 0.511. The van der Waals surface area contributed by atoms with E-state index in [1.54, 1.807) is 0 Å². The molecule has 2 aromatic carbocycles. The number of hydrogen-bond acceptors (Lipinski definition) is 1. The minimum absolute atomic E-state index is 0.511. The van der Waals surface area contributed by atoms with E-state index in [2.05, 4.69) is 59.4 Å². The SMILES string of the molecule is CC(C)c1ccccc1NCc1ccc(Cl)cc1Br. The summed E-state index contributed by atoms with van der Waals surface area (Å²) in [6, 6.07) is 14.3. The molecule has 0 bridgehead atoms. The quantitative estimate of drug-likeness (QED) is 0.738. The molecule has 0 aliphatic carbocycles. The summed E-state index contributed by atoms with van der Waals surface area (Å²) in [5, 5.41) is 4.25. The summed E-state index contributed by atoms with van der Waals surface area (Å²) < 4.78 is 1.04. The van der Waals surface area contributed by atoms with Crippen LogP contribution in [0.15, 0.2) is 46.9 Å². The highest BCUT2D eigenvalue weighted by atomic mass is 79.9. The average molecular weight is 339 g/mol. The molecular weight excluding hydrogens is 322 g/mol. The molecule has 2 aromatic rings. The predicted molar refractivity (Wildman–Crippen MR) is 87.0 cm³/mol. The molecule has 0 aromatic heterocycles. The summed E-state index contributed by atoms with van der Waals surface area (Å²) in [7, 11) is 0. The minimum Gasteiger partial charge on any atom is -0.381 e. The van der Waals surface area contributed by atoms with Gasteiger partial charge in [-0.3, -0.25) is 0 Å². The largest absolute Gasteiger partial charge is 0.381 e. The van der Waals surface area contributed by atoms with Gasteiger partial charge in [0.05, 0.1) is 0 Å². The number of anilines is 1. The molecule has 0 atom stereocenters. The molecule has 0 radical (unpaired) electrons. The summed E-state index contributed by atoms with van der Waals surface area (Å²) >= 11 is 9.49. The third-order valence-electron chi connectivity index (χ3n) is 3.07. The molecule has 0 heterocycles. The van der Waals surface area contributed by atoms with Crippen molar-refractivity contribution in [2.24, 2.45) is 0 Å². The highest BCUT2D eigenvalue weighted by Gasteiger charge is 2.06. The van der Waals surface area contributed by atoms with Crippen LogP contribution >= 0.6 is 27.5 Å². The van der Waals surface area contributed by atoms with Crippen LogP contribution in [-0.2, 0) is 6.54 Å². The zero-order valence-corrected chi connectivity index (χ0v) is 13.4. The summed E-state index contributed by atoms with van der Waals surface area (Å²) in [6.07, 6.45) is 0. The van der Waals surface area contributed by atoms with E-state index in [9.17, 15) is 0 Å². The third kappa shape index (κ3) is 3.74. The van der Waals surface area contributed by atoms with Gasteiger partial charge in [-0.15, -0.1) is 0 Å². The van der Waals surface area contributed by atoms with Crippen LogP contribution in [0.2, 0.25) is 5.02 Å². The first-order valence-electron chi connectivity index (χ1n) is 6.34. The second-order valence-electron chi connectivity index (χ2n) is 4.83. The average Bonchev–Trinajstić information content (AvgIpc) is 2.38. The maximum absolute atomic E-state index is 5.95. The predicted octanol–water partition coefficient (Wildman–Crippen LogP) is 5.84. The van der Waals surface area contributed by atoms with Crippen LogP contribution in [0.3, 0.4) is 0 Å². The van der Waals surface area contributed by atoms with E-state index in [0.717, 1.165) is 16.0 Å². The molecule has 0 spiro atoms. The van der Waals surface area contributed by atoms with Crippen molar-refractivity contribution in [1.29, 1.82) is 0 Å². The molecule has 19 heavy (non-hydrogen) atoms. The summed E-state index contributed by atoms with van der Waals surface area (Å²) in [6.45, 7) is 5.19. The van der Waals surface area contributed by atoms with Gasteiger partial charge in [-0.2, -0.15) is 0 Å². The Morgan fingerprint density at radius 1 is 1.16 bits per heavy atom. The zero-order chi connectivity index (χ0) is 13.8. The van der Waals surface area contributed by atoms with Crippen LogP contribution in [-0.4, -0.2) is 0 Å². The molecule has 0 aliphatic heterocycles. The Morgan fingerprint density at radius 2 is 1.89 bits per heavy atom. The first-order valence-corrected chi connectivity index (χ1v) is 7.51. The van der Waals surface area contributed by atoms with Gasteiger partial charge in [-0.25, -0.2) is 0 Å². The molecule has 0 saturated carbocycles. The third-order valence-corrected chi connectivity index (χ3v) is 4.04. The van der Waals surface area contributed by atoms with E-state index in [4.69, 9.17) is 11.6 Å². The van der Waals surface area contributed by atoms with Crippen molar-refractivity contribution in [3.8, 4) is 0 Å². The van der Waals surface area contributed by atoms with Crippen molar-refractivity contribution in [3.63, 3.8) is 0 Å². The summed E-state index contributed by atoms with van der Waals surface area (Å²) in [5.41, 5.74) is 3.73. The van der Waals surface area contributed by atoms with Gasteiger partial charge in [0.1, 0.15) is 0 Å². The Hall–Kier alpha value is -0.990. The second-order valence-corrected chi connectivity index (χ2v) is 6.12. The second kappa shape index (κ2) is 6.44. The highest BCUT2D eigenvalue weighted by Crippen LogP contribution is 2.26. The Kier molecular flexibility index (Phi) is 4.89. The van der Waals surface area contributed by atoms with Gasteiger partial charge < -0.3 is 5.32 Å². The van der Waals surface area contributed by atoms with Crippen molar-refractivity contribution < 1.29 is 0 Å². The maximum Gasteiger partial charge on any atom is 0.0417 e. The van der Waals surface area contributed by atoms with Crippen molar-refractivity contribution in [2.75, 3.05) is 5.32 Å². The van der Waals surface area contributed by atoms with Gasteiger partial charge >= 0.3 is 0 Å². The number of hydrogen-bond donors (Lipinski definition) is 1. The molecule has 0 unspecified atom stereocenters. The van der Waals surface area contributed by atoms with Gasteiger partial charge in [0.2, 0.25) is 0 Å². The van der Waals surface area contributed by atoms with E-state index < -0.39 is 0 Å². The van der Waals surface area contributed by atoms with E-state index >= 15 is 0 Å². The van der Waals surface area contributed by atoms with Crippen LogP contribution in [0.5, 0.6) is 0 Å². The van der Waals surface area contributed by atoms with Crippen molar-refractivity contribution in [2.45, 2.75) is 26.3 Å². The van der Waals surface area contributed by atoms with Gasteiger partial charge in [0.15, 0.2) is 0 Å². The molecule has 1 N–H and O–H groups in total. The molecule has 2 rings (SSSR count). The fraction of sp³-hybridized carbons (Fsp3) is 0.250. The van der Waals surface area contributed by atoms with E-state index in [1.807, 2.05) is 18.2 Å². The Labute approximate surface area is 128 Å². The molecule has 0 fully saturated rings. The molecule has 0 aliphatic rings. The summed E-state index contributed by atoms with van der Waals surface area (Å²) in [4.78, 5) is 0. The monoisotopic (exact) mass is 337 g/mol. The van der Waals surface area contributed by atoms with Crippen molar-refractivity contribution >= 4 is 33.2 Å². The fourth-order valence-electron chi connectivity index (χ4n) is 2.02. The van der Waals surface area contributed by atoms with Gasteiger partial charge in [-0.1, -0.05) is 65.6 Å². The smallest absolute Gasteiger partial charge is 0.0417 e. The maximum atomic E-state index is 5.95. The topological polar surface area (TPSA) is 12.0 Å². The number of halogens is 2. The summed E-state index contributed by atoms with van der Waals surface area (Å²) in [5.74, 6) is 0.511. The zero-order valence-electron chi connectivity index (χ0n) is 11.1. The normalized spacial score (nSPS) is 10.8. The van der Waals surface area contributed by atoms with E-state index in [1.165, 1.54) is 16.8 Å². The lowest BCUT2D eigenvalue weighted by Gasteiger charge is -2.15. The lowest BCUT2D eigenvalue weighted by Crippen LogP contribution is -2.03. The van der Waals surface area contributed by atoms with Gasteiger partial charge in [0.25, 0.3) is 0 Å². The number of para-hydroxylation sites is 1. The van der Waals surface area contributed by atoms with Crippen molar-refractivity contribution in [1.82, 2.24) is 0 Å². The molecule has 0 amide bonds. The van der Waals surface area contributed by atoms with E-state index in [-0.39, 0.29) is 0 Å². The first kappa shape index (κ1) is 14.4. The molecule has 100 valence electrons. The van der Waals surface area contributed by atoms with Crippen LogP contribution in [0.25, 0.3) is 0 Å². The highest BCUT2D eigenvalue weighted by molar-refractivity contribution is 9.10. The van der Waals surface area contributed by atoms with Crippen LogP contribution in [0, 0.1) is 0 Å².